The zero-order valence-electron chi connectivity index (χ0n) is 25.3. The molecule has 0 unspecified atom stereocenters. The number of aliphatic imine (C=N–C) groups is 1. The predicted molar refractivity (Wildman–Crippen MR) is 164 cm³/mol. The van der Waals surface area contributed by atoms with Gasteiger partial charge in [0.25, 0.3) is 0 Å². The van der Waals surface area contributed by atoms with Crippen LogP contribution >= 0.6 is 0 Å². The molecule has 3 amide bonds. The zero-order chi connectivity index (χ0) is 30.0. The highest BCUT2D eigenvalue weighted by Crippen LogP contribution is 2.45. The van der Waals surface area contributed by atoms with E-state index in [-0.39, 0.29) is 30.1 Å². The lowest BCUT2D eigenvalue weighted by atomic mass is 9.92. The van der Waals surface area contributed by atoms with Gasteiger partial charge in [0.15, 0.2) is 0 Å². The number of nitrogens with zero attached hydrogens (tertiary/aromatic N) is 4. The molecule has 2 aliphatic rings. The first-order valence-corrected chi connectivity index (χ1v) is 14.6. The summed E-state index contributed by atoms with van der Waals surface area (Å²) in [5.41, 5.74) is 5.06. The van der Waals surface area contributed by atoms with Crippen LogP contribution in [0.1, 0.15) is 60.7 Å². The molecule has 3 aromatic carbocycles. The van der Waals surface area contributed by atoms with Crippen LogP contribution in [0, 0.1) is 13.8 Å². The summed E-state index contributed by atoms with van der Waals surface area (Å²) in [6.45, 7) is 11.6. The molecule has 0 aliphatic carbocycles. The smallest absolute Gasteiger partial charge is 0.326 e. The Bertz CT molecular complexity index is 1460. The van der Waals surface area contributed by atoms with Crippen molar-refractivity contribution in [1.29, 1.82) is 0 Å². The molecule has 2 heterocycles. The van der Waals surface area contributed by atoms with E-state index >= 15 is 0 Å². The van der Waals surface area contributed by atoms with E-state index in [9.17, 15) is 9.59 Å². The van der Waals surface area contributed by atoms with Crippen molar-refractivity contribution in [3.05, 3.63) is 94.5 Å². The molecule has 2 aliphatic heterocycles. The number of amides is 3. The van der Waals surface area contributed by atoms with Crippen LogP contribution in [0.25, 0.3) is 0 Å². The highest BCUT2D eigenvalue weighted by Gasteiger charge is 2.45. The molecule has 2 atom stereocenters. The number of amidine groups is 1. The van der Waals surface area contributed by atoms with Crippen LogP contribution in [0.4, 0.5) is 4.79 Å². The van der Waals surface area contributed by atoms with Gasteiger partial charge in [-0.25, -0.2) is 4.79 Å². The van der Waals surface area contributed by atoms with Crippen LogP contribution < -0.4 is 9.47 Å². The summed E-state index contributed by atoms with van der Waals surface area (Å²) in [4.78, 5) is 37.4. The third kappa shape index (κ3) is 5.98. The SMILES string of the molecule is COc1ccc(C2=N[C@@H](c3ccc(C)cc3)[C@@H](c3ccc(C)cc3)N2C(=O)N2CCN(C(C)=O)CC2)c(OC(C)C)c1. The molecule has 5 rings (SSSR count). The van der Waals surface area contributed by atoms with E-state index in [1.165, 1.54) is 0 Å². The summed E-state index contributed by atoms with van der Waals surface area (Å²) in [5.74, 6) is 1.85. The van der Waals surface area contributed by atoms with Crippen molar-refractivity contribution in [2.75, 3.05) is 33.3 Å². The number of hydrogen-bond acceptors (Lipinski definition) is 5. The molecule has 8 nitrogen and oxygen atoms in total. The lowest BCUT2D eigenvalue weighted by Crippen LogP contribution is -2.54. The van der Waals surface area contributed by atoms with Gasteiger partial charge in [0.05, 0.1) is 24.8 Å². The van der Waals surface area contributed by atoms with E-state index < -0.39 is 0 Å². The third-order valence-electron chi connectivity index (χ3n) is 7.90. The monoisotopic (exact) mass is 568 g/mol. The summed E-state index contributed by atoms with van der Waals surface area (Å²) in [6.07, 6.45) is -0.0949. The molecule has 220 valence electrons. The van der Waals surface area contributed by atoms with Gasteiger partial charge in [-0.15, -0.1) is 0 Å². The Hall–Kier alpha value is -4.33. The lowest BCUT2D eigenvalue weighted by Gasteiger charge is -2.39. The van der Waals surface area contributed by atoms with Crippen LogP contribution in [0.2, 0.25) is 0 Å². The van der Waals surface area contributed by atoms with Crippen LogP contribution in [-0.4, -0.2) is 71.9 Å². The van der Waals surface area contributed by atoms with Gasteiger partial charge in [-0.3, -0.25) is 14.7 Å². The largest absolute Gasteiger partial charge is 0.497 e. The lowest BCUT2D eigenvalue weighted by molar-refractivity contribution is -0.130. The van der Waals surface area contributed by atoms with Gasteiger partial charge in [-0.05, 0) is 51.0 Å². The second-order valence-electron chi connectivity index (χ2n) is 11.3. The Morgan fingerprint density at radius 2 is 1.40 bits per heavy atom. The standard InChI is InChI=1S/C34H40N4O4/c1-22(2)42-30-21-28(41-6)15-16-29(30)33-35-31(26-11-7-23(3)8-12-26)32(27-13-9-24(4)10-14-27)38(33)34(40)37-19-17-36(18-20-37)25(5)39/h7-16,21-22,31-32H,17-20H2,1-6H3/t31-,32+/m0/s1. The molecule has 42 heavy (non-hydrogen) atoms. The van der Waals surface area contributed by atoms with Crippen LogP contribution in [-0.2, 0) is 4.79 Å². The summed E-state index contributed by atoms with van der Waals surface area (Å²) in [7, 11) is 1.62. The first kappa shape index (κ1) is 29.2. The minimum absolute atomic E-state index is 0.0243. The molecule has 1 saturated heterocycles. The molecule has 0 radical (unpaired) electrons. The first-order chi connectivity index (χ1) is 20.2. The second kappa shape index (κ2) is 12.3. The van der Waals surface area contributed by atoms with E-state index in [0.717, 1.165) is 27.8 Å². The molecule has 0 spiro atoms. The van der Waals surface area contributed by atoms with Crippen molar-refractivity contribution < 1.29 is 19.1 Å². The number of ether oxygens (including phenoxy) is 2. The topological polar surface area (TPSA) is 74.7 Å². The fraction of sp³-hybridized carbons (Fsp3) is 0.382. The fourth-order valence-corrected chi connectivity index (χ4v) is 5.59. The third-order valence-corrected chi connectivity index (χ3v) is 7.90. The molecule has 8 heteroatoms. The number of methoxy groups -OCH3 is 1. The van der Waals surface area contributed by atoms with E-state index in [0.29, 0.717) is 43.5 Å². The van der Waals surface area contributed by atoms with Crippen molar-refractivity contribution >= 4 is 17.8 Å². The van der Waals surface area contributed by atoms with E-state index in [1.54, 1.807) is 18.9 Å². The van der Waals surface area contributed by atoms with Gasteiger partial charge >= 0.3 is 6.03 Å². The Morgan fingerprint density at radius 1 is 0.833 bits per heavy atom. The van der Waals surface area contributed by atoms with Crippen molar-refractivity contribution in [3.63, 3.8) is 0 Å². The minimum Gasteiger partial charge on any atom is -0.497 e. The Balaban J connectivity index is 1.66. The molecule has 0 N–H and O–H groups in total. The minimum atomic E-state index is -0.379. The van der Waals surface area contributed by atoms with Crippen LogP contribution in [0.3, 0.4) is 0 Å². The summed E-state index contributed by atoms with van der Waals surface area (Å²) < 4.78 is 11.8. The van der Waals surface area contributed by atoms with Gasteiger partial charge in [-0.2, -0.15) is 0 Å². The first-order valence-electron chi connectivity index (χ1n) is 14.6. The molecular formula is C34H40N4O4. The summed E-state index contributed by atoms with van der Waals surface area (Å²) >= 11 is 0. The molecule has 1 fully saturated rings. The highest BCUT2D eigenvalue weighted by atomic mass is 16.5. The van der Waals surface area contributed by atoms with Gasteiger partial charge in [0.2, 0.25) is 5.91 Å². The second-order valence-corrected chi connectivity index (χ2v) is 11.3. The van der Waals surface area contributed by atoms with Crippen molar-refractivity contribution in [1.82, 2.24) is 14.7 Å². The maximum atomic E-state index is 14.6. The molecule has 0 bridgehead atoms. The average molecular weight is 569 g/mol. The number of piperazine rings is 1. The Morgan fingerprint density at radius 3 is 1.95 bits per heavy atom. The predicted octanol–water partition coefficient (Wildman–Crippen LogP) is 5.93. The molecule has 0 saturated carbocycles. The number of rotatable bonds is 6. The van der Waals surface area contributed by atoms with Gasteiger partial charge < -0.3 is 19.3 Å². The number of urea groups is 1. The number of carbonyl (C=O) groups is 2. The number of hydrogen-bond donors (Lipinski definition) is 0. The molecular weight excluding hydrogens is 528 g/mol. The zero-order valence-corrected chi connectivity index (χ0v) is 25.3. The maximum Gasteiger partial charge on any atom is 0.326 e. The number of aryl methyl sites for hydroxylation is 2. The van der Waals surface area contributed by atoms with E-state index in [4.69, 9.17) is 14.5 Å². The fourth-order valence-electron chi connectivity index (χ4n) is 5.59. The normalized spacial score (nSPS) is 18.7. The number of benzene rings is 3. The van der Waals surface area contributed by atoms with Crippen molar-refractivity contribution in [2.45, 2.75) is 52.8 Å². The summed E-state index contributed by atoms with van der Waals surface area (Å²) in [6, 6.07) is 21.5. The molecule has 0 aromatic heterocycles. The number of carbonyl (C=O) groups excluding carboxylic acids is 2. The summed E-state index contributed by atoms with van der Waals surface area (Å²) in [5, 5.41) is 0. The maximum absolute atomic E-state index is 14.6. The van der Waals surface area contributed by atoms with Gasteiger partial charge in [0.1, 0.15) is 23.4 Å². The quantitative estimate of drug-likeness (QED) is 0.370. The van der Waals surface area contributed by atoms with Crippen LogP contribution in [0.15, 0.2) is 71.7 Å². The highest BCUT2D eigenvalue weighted by molar-refractivity contribution is 6.11. The molecule has 3 aromatic rings. The van der Waals surface area contributed by atoms with Crippen molar-refractivity contribution in [3.8, 4) is 11.5 Å². The van der Waals surface area contributed by atoms with Crippen molar-refractivity contribution in [2.24, 2.45) is 4.99 Å². The van der Waals surface area contributed by atoms with E-state index in [1.807, 2.05) is 41.8 Å². The average Bonchev–Trinajstić information content (AvgIpc) is 3.37. The van der Waals surface area contributed by atoms with Gasteiger partial charge in [-0.1, -0.05) is 59.7 Å². The van der Waals surface area contributed by atoms with E-state index in [2.05, 4.69) is 62.4 Å². The van der Waals surface area contributed by atoms with Crippen LogP contribution in [0.5, 0.6) is 11.5 Å². The Kier molecular flexibility index (Phi) is 8.52. The van der Waals surface area contributed by atoms with Gasteiger partial charge in [0, 0.05) is 39.2 Å². The Labute approximate surface area is 248 Å².